The summed E-state index contributed by atoms with van der Waals surface area (Å²) in [5.74, 6) is 1.43. The summed E-state index contributed by atoms with van der Waals surface area (Å²) in [7, 11) is 3.17. The molecule has 0 aromatic heterocycles. The lowest BCUT2D eigenvalue weighted by atomic mass is 9.92. The van der Waals surface area contributed by atoms with Crippen LogP contribution in [0.15, 0.2) is 60.7 Å². The van der Waals surface area contributed by atoms with E-state index < -0.39 is 4.92 Å². The van der Waals surface area contributed by atoms with Crippen molar-refractivity contribution in [1.82, 2.24) is 4.90 Å². The van der Waals surface area contributed by atoms with E-state index in [-0.39, 0.29) is 24.2 Å². The number of methoxy groups -OCH3 is 2. The maximum atomic E-state index is 13.3. The van der Waals surface area contributed by atoms with Gasteiger partial charge in [0.15, 0.2) is 16.6 Å². The average molecular weight is 498 g/mol. The molecule has 1 aliphatic rings. The molecule has 0 amide bonds. The molecule has 0 radical (unpaired) electrons. The van der Waals surface area contributed by atoms with Gasteiger partial charge in [0.25, 0.3) is 5.69 Å². The van der Waals surface area contributed by atoms with E-state index in [2.05, 4.69) is 5.32 Å². The van der Waals surface area contributed by atoms with Crippen molar-refractivity contribution in [1.29, 1.82) is 0 Å². The van der Waals surface area contributed by atoms with Crippen molar-refractivity contribution in [2.45, 2.75) is 12.5 Å². The SMILES string of the molecule is COc1cc2c(cc1OC)[C@@H](COc1ccc(F)cc1)N(C(=S)Nc1ccc([N+](=O)[O-])cc1)CC2. The van der Waals surface area contributed by atoms with Crippen LogP contribution in [-0.4, -0.2) is 42.3 Å². The molecule has 4 rings (SSSR count). The van der Waals surface area contributed by atoms with Crippen LogP contribution in [0.4, 0.5) is 15.8 Å². The molecule has 35 heavy (non-hydrogen) atoms. The fourth-order valence-corrected chi connectivity index (χ4v) is 4.36. The van der Waals surface area contributed by atoms with E-state index in [1.54, 1.807) is 38.5 Å². The van der Waals surface area contributed by atoms with Crippen LogP contribution in [-0.2, 0) is 6.42 Å². The van der Waals surface area contributed by atoms with E-state index >= 15 is 0 Å². The molecule has 1 atom stereocenters. The number of hydrogen-bond acceptors (Lipinski definition) is 6. The normalized spacial score (nSPS) is 14.6. The topological polar surface area (TPSA) is 86.1 Å². The predicted octanol–water partition coefficient (Wildman–Crippen LogP) is 5.13. The molecule has 0 saturated heterocycles. The molecule has 0 aliphatic carbocycles. The number of benzene rings is 3. The zero-order valence-corrected chi connectivity index (χ0v) is 20.0. The molecular formula is C25H24FN3O5S. The molecule has 0 unspecified atom stereocenters. The molecule has 1 aliphatic heterocycles. The van der Waals surface area contributed by atoms with E-state index in [0.29, 0.717) is 41.0 Å². The third-order valence-corrected chi connectivity index (χ3v) is 6.15. The Morgan fingerprint density at radius 3 is 2.40 bits per heavy atom. The second-order valence-corrected chi connectivity index (χ2v) is 8.25. The number of ether oxygens (including phenoxy) is 3. The molecule has 10 heteroatoms. The highest BCUT2D eigenvalue weighted by atomic mass is 32.1. The Hall–Kier alpha value is -3.92. The molecule has 0 saturated carbocycles. The van der Waals surface area contributed by atoms with Crippen molar-refractivity contribution in [2.75, 3.05) is 32.7 Å². The van der Waals surface area contributed by atoms with E-state index in [1.165, 1.54) is 24.3 Å². The standard InChI is InChI=1S/C25H24FN3O5S/c1-32-23-13-16-11-12-28(25(35)27-18-5-7-19(8-6-18)29(30)31)22(21(16)14-24(23)33-2)15-34-20-9-3-17(26)4-10-20/h3-10,13-14,22H,11-12,15H2,1-2H3,(H,27,35)/t22-/m1/s1. The number of thiocarbonyl (C=S) groups is 1. The maximum Gasteiger partial charge on any atom is 0.269 e. The van der Waals surface area contributed by atoms with Gasteiger partial charge in [-0.05, 0) is 78.3 Å². The Bertz CT molecular complexity index is 1220. The zero-order valence-electron chi connectivity index (χ0n) is 19.2. The molecule has 1 N–H and O–H groups in total. The number of nitrogens with zero attached hydrogens (tertiary/aromatic N) is 2. The first-order chi connectivity index (χ1) is 16.9. The van der Waals surface area contributed by atoms with Gasteiger partial charge in [-0.1, -0.05) is 0 Å². The Balaban J connectivity index is 1.62. The lowest BCUT2D eigenvalue weighted by Gasteiger charge is -2.39. The molecule has 3 aromatic carbocycles. The average Bonchev–Trinajstić information content (AvgIpc) is 2.87. The number of fused-ring (bicyclic) bond motifs is 1. The first kappa shape index (κ1) is 24.2. The minimum Gasteiger partial charge on any atom is -0.493 e. The summed E-state index contributed by atoms with van der Waals surface area (Å²) in [4.78, 5) is 12.5. The van der Waals surface area contributed by atoms with Gasteiger partial charge in [-0.15, -0.1) is 0 Å². The van der Waals surface area contributed by atoms with Crippen LogP contribution in [0.25, 0.3) is 0 Å². The molecule has 182 valence electrons. The number of nitrogens with one attached hydrogen (secondary N) is 1. The van der Waals surface area contributed by atoms with Gasteiger partial charge >= 0.3 is 0 Å². The van der Waals surface area contributed by atoms with Gasteiger partial charge in [-0.3, -0.25) is 10.1 Å². The van der Waals surface area contributed by atoms with Gasteiger partial charge in [-0.2, -0.15) is 0 Å². The zero-order chi connectivity index (χ0) is 24.9. The van der Waals surface area contributed by atoms with Gasteiger partial charge in [0.05, 0.1) is 25.2 Å². The summed E-state index contributed by atoms with van der Waals surface area (Å²) in [5.41, 5.74) is 2.70. The quantitative estimate of drug-likeness (QED) is 0.273. The van der Waals surface area contributed by atoms with Gasteiger partial charge in [0.2, 0.25) is 0 Å². The molecule has 0 bridgehead atoms. The Labute approximate surface area is 207 Å². The van der Waals surface area contributed by atoms with Crippen LogP contribution in [0.1, 0.15) is 17.2 Å². The van der Waals surface area contributed by atoms with Crippen LogP contribution in [0.3, 0.4) is 0 Å². The number of anilines is 1. The van der Waals surface area contributed by atoms with Crippen LogP contribution >= 0.6 is 12.2 Å². The van der Waals surface area contributed by atoms with Gasteiger partial charge in [-0.25, -0.2) is 4.39 Å². The second-order valence-electron chi connectivity index (χ2n) is 7.86. The monoisotopic (exact) mass is 497 g/mol. The van der Waals surface area contributed by atoms with Crippen molar-refractivity contribution in [3.63, 3.8) is 0 Å². The third kappa shape index (κ3) is 5.43. The predicted molar refractivity (Wildman–Crippen MR) is 134 cm³/mol. The Kier molecular flexibility index (Phi) is 7.31. The summed E-state index contributed by atoms with van der Waals surface area (Å²) in [6.45, 7) is 0.856. The molecule has 0 fully saturated rings. The lowest BCUT2D eigenvalue weighted by molar-refractivity contribution is -0.384. The molecule has 1 heterocycles. The smallest absolute Gasteiger partial charge is 0.269 e. The number of nitro benzene ring substituents is 1. The molecule has 0 spiro atoms. The number of nitro groups is 1. The number of non-ortho nitro benzene ring substituents is 1. The summed E-state index contributed by atoms with van der Waals surface area (Å²) >= 11 is 5.72. The number of rotatable bonds is 7. The first-order valence-electron chi connectivity index (χ1n) is 10.8. The highest BCUT2D eigenvalue weighted by Crippen LogP contribution is 2.38. The van der Waals surface area contributed by atoms with Crippen molar-refractivity contribution in [3.05, 3.63) is 87.7 Å². The minimum absolute atomic E-state index is 0.0000140. The highest BCUT2D eigenvalue weighted by molar-refractivity contribution is 7.80. The first-order valence-corrected chi connectivity index (χ1v) is 11.3. The van der Waals surface area contributed by atoms with Crippen molar-refractivity contribution in [3.8, 4) is 17.2 Å². The van der Waals surface area contributed by atoms with E-state index in [4.69, 9.17) is 26.4 Å². The lowest BCUT2D eigenvalue weighted by Crippen LogP contribution is -2.44. The van der Waals surface area contributed by atoms with Crippen LogP contribution in [0.5, 0.6) is 17.2 Å². The summed E-state index contributed by atoms with van der Waals surface area (Å²) < 4.78 is 30.3. The van der Waals surface area contributed by atoms with Crippen molar-refractivity contribution < 1.29 is 23.5 Å². The summed E-state index contributed by atoms with van der Waals surface area (Å²) in [5, 5.41) is 14.6. The number of hydrogen-bond donors (Lipinski definition) is 1. The van der Waals surface area contributed by atoms with E-state index in [0.717, 1.165) is 11.1 Å². The minimum atomic E-state index is -0.450. The highest BCUT2D eigenvalue weighted by Gasteiger charge is 2.31. The Morgan fingerprint density at radius 2 is 1.77 bits per heavy atom. The second kappa shape index (κ2) is 10.6. The molecule has 8 nitrogen and oxygen atoms in total. The maximum absolute atomic E-state index is 13.3. The fourth-order valence-electron chi connectivity index (χ4n) is 4.02. The summed E-state index contributed by atoms with van der Waals surface area (Å²) in [6, 6.07) is 15.5. The van der Waals surface area contributed by atoms with Gasteiger partial charge in [0, 0.05) is 24.4 Å². The van der Waals surface area contributed by atoms with Crippen molar-refractivity contribution >= 4 is 28.7 Å². The fraction of sp³-hybridized carbons (Fsp3) is 0.240. The molecule has 3 aromatic rings. The van der Waals surface area contributed by atoms with Gasteiger partial charge in [0.1, 0.15) is 18.2 Å². The van der Waals surface area contributed by atoms with Gasteiger partial charge < -0.3 is 24.4 Å². The van der Waals surface area contributed by atoms with E-state index in [9.17, 15) is 14.5 Å². The van der Waals surface area contributed by atoms with Crippen LogP contribution in [0.2, 0.25) is 0 Å². The largest absolute Gasteiger partial charge is 0.493 e. The third-order valence-electron chi connectivity index (χ3n) is 5.81. The molecular weight excluding hydrogens is 473 g/mol. The van der Waals surface area contributed by atoms with Crippen LogP contribution < -0.4 is 19.5 Å². The van der Waals surface area contributed by atoms with E-state index in [1.807, 2.05) is 17.0 Å². The summed E-state index contributed by atoms with van der Waals surface area (Å²) in [6.07, 6.45) is 0.713. The number of halogens is 1. The Morgan fingerprint density at radius 1 is 1.11 bits per heavy atom. The van der Waals surface area contributed by atoms with Crippen LogP contribution in [0, 0.1) is 15.9 Å². The van der Waals surface area contributed by atoms with Crippen molar-refractivity contribution in [2.24, 2.45) is 0 Å².